The van der Waals surface area contributed by atoms with Crippen molar-refractivity contribution in [3.63, 3.8) is 0 Å². The third-order valence-electron chi connectivity index (χ3n) is 5.41. The number of hydrogen-bond donors (Lipinski definition) is 2. The van der Waals surface area contributed by atoms with Crippen LogP contribution in [-0.4, -0.2) is 40.8 Å². The zero-order chi connectivity index (χ0) is 19.7. The van der Waals surface area contributed by atoms with E-state index in [0.29, 0.717) is 42.7 Å². The van der Waals surface area contributed by atoms with E-state index in [1.165, 1.54) is 0 Å². The number of carbonyl (C=O) groups excluding carboxylic acids is 1. The van der Waals surface area contributed by atoms with Crippen molar-refractivity contribution >= 4 is 29.9 Å². The first-order valence-electron chi connectivity index (χ1n) is 9.05. The number of nitrogens with one attached hydrogen (secondary N) is 1. The van der Waals surface area contributed by atoms with Crippen molar-refractivity contribution in [1.29, 1.82) is 0 Å². The Kier molecular flexibility index (Phi) is 7.09. The second-order valence-corrected chi connectivity index (χ2v) is 7.81. The van der Waals surface area contributed by atoms with Crippen molar-refractivity contribution in [2.45, 2.75) is 45.3 Å². The number of carbonyl (C=O) groups is 1. The van der Waals surface area contributed by atoms with E-state index >= 15 is 0 Å². The average Bonchev–Trinajstić information content (AvgIpc) is 3.10. The van der Waals surface area contributed by atoms with Crippen LogP contribution in [0.4, 0.5) is 0 Å². The first-order chi connectivity index (χ1) is 12.8. The largest absolute Gasteiger partial charge is 0.378 e. The molecule has 1 aromatic heterocycles. The Morgan fingerprint density at radius 1 is 1.46 bits per heavy atom. The van der Waals surface area contributed by atoms with Crippen LogP contribution in [-0.2, 0) is 16.0 Å². The molecule has 0 saturated heterocycles. The lowest BCUT2D eigenvalue weighted by atomic mass is 9.54. The molecule has 2 aromatic rings. The molecule has 1 fully saturated rings. The van der Waals surface area contributed by atoms with Crippen LogP contribution in [0.3, 0.4) is 0 Å². The molecule has 0 aliphatic heterocycles. The van der Waals surface area contributed by atoms with Crippen molar-refractivity contribution in [3.8, 4) is 11.4 Å². The van der Waals surface area contributed by atoms with Gasteiger partial charge in [-0.1, -0.05) is 42.7 Å². The molecule has 154 valence electrons. The highest BCUT2D eigenvalue weighted by atomic mass is 35.5. The van der Waals surface area contributed by atoms with Crippen LogP contribution in [0, 0.1) is 5.41 Å². The van der Waals surface area contributed by atoms with Crippen molar-refractivity contribution < 1.29 is 14.1 Å². The van der Waals surface area contributed by atoms with Gasteiger partial charge in [0.05, 0.1) is 6.10 Å². The lowest BCUT2D eigenvalue weighted by Gasteiger charge is -2.57. The summed E-state index contributed by atoms with van der Waals surface area (Å²) in [5, 5.41) is 7.44. The maximum absolute atomic E-state index is 12.6. The SMILES string of the molecule is CCOC1CC(N)(C(=O)NCCc2nc(-c3cccc(Cl)c3)no2)C1(C)C.Cl. The molecule has 1 aromatic carbocycles. The minimum Gasteiger partial charge on any atom is -0.378 e. The molecule has 1 aliphatic rings. The van der Waals surface area contributed by atoms with Crippen LogP contribution >= 0.6 is 24.0 Å². The van der Waals surface area contributed by atoms with Gasteiger partial charge in [-0.05, 0) is 19.1 Å². The normalized spacial score (nSPS) is 22.8. The molecule has 28 heavy (non-hydrogen) atoms. The molecule has 7 nitrogen and oxygen atoms in total. The van der Waals surface area contributed by atoms with Crippen LogP contribution < -0.4 is 11.1 Å². The lowest BCUT2D eigenvalue weighted by Crippen LogP contribution is -2.75. The first-order valence-corrected chi connectivity index (χ1v) is 9.43. The van der Waals surface area contributed by atoms with Crippen LogP contribution in [0.2, 0.25) is 5.02 Å². The standard InChI is InChI=1S/C19H25ClN4O3.ClH/c1-4-26-14-11-19(21,18(14,2)3)17(25)22-9-8-15-23-16(24-27-15)12-6-5-7-13(20)10-12;/h5-7,10,14H,4,8-9,11,21H2,1-3H3,(H,22,25);1H. The highest BCUT2D eigenvalue weighted by molar-refractivity contribution is 6.30. The van der Waals surface area contributed by atoms with Gasteiger partial charge in [-0.15, -0.1) is 12.4 Å². The van der Waals surface area contributed by atoms with Crippen LogP contribution in [0.5, 0.6) is 0 Å². The Morgan fingerprint density at radius 3 is 2.86 bits per heavy atom. The lowest BCUT2D eigenvalue weighted by molar-refractivity contribution is -0.170. The number of benzene rings is 1. The monoisotopic (exact) mass is 428 g/mol. The molecule has 1 aliphatic carbocycles. The van der Waals surface area contributed by atoms with Crippen molar-refractivity contribution in [1.82, 2.24) is 15.5 Å². The summed E-state index contributed by atoms with van der Waals surface area (Å²) in [5.41, 5.74) is 5.78. The Hall–Kier alpha value is -1.67. The summed E-state index contributed by atoms with van der Waals surface area (Å²) in [6, 6.07) is 7.23. The summed E-state index contributed by atoms with van der Waals surface area (Å²) < 4.78 is 10.9. The minimum absolute atomic E-state index is 0. The quantitative estimate of drug-likeness (QED) is 0.702. The maximum Gasteiger partial charge on any atom is 0.240 e. The Labute approximate surface area is 175 Å². The summed E-state index contributed by atoms with van der Waals surface area (Å²) in [4.78, 5) is 16.9. The van der Waals surface area contributed by atoms with Crippen molar-refractivity contribution in [2.75, 3.05) is 13.2 Å². The highest BCUT2D eigenvalue weighted by Gasteiger charge is 2.62. The van der Waals surface area contributed by atoms with Gasteiger partial charge in [0.2, 0.25) is 17.6 Å². The van der Waals surface area contributed by atoms with Gasteiger partial charge in [-0.25, -0.2) is 0 Å². The molecular formula is C19H26Cl2N4O3. The van der Waals surface area contributed by atoms with Crippen molar-refractivity contribution in [3.05, 3.63) is 35.2 Å². The fourth-order valence-corrected chi connectivity index (χ4v) is 3.55. The van der Waals surface area contributed by atoms with E-state index in [9.17, 15) is 4.79 Å². The molecule has 3 rings (SSSR count). The smallest absolute Gasteiger partial charge is 0.240 e. The summed E-state index contributed by atoms with van der Waals surface area (Å²) in [6.07, 6.45) is 0.929. The fourth-order valence-electron chi connectivity index (χ4n) is 3.36. The molecule has 1 saturated carbocycles. The number of ether oxygens (including phenoxy) is 1. The highest BCUT2D eigenvalue weighted by Crippen LogP contribution is 2.49. The molecule has 2 atom stereocenters. The number of amides is 1. The van der Waals surface area contributed by atoms with Crippen LogP contribution in [0.1, 0.15) is 33.1 Å². The number of nitrogens with two attached hydrogens (primary N) is 1. The predicted molar refractivity (Wildman–Crippen MR) is 109 cm³/mol. The summed E-state index contributed by atoms with van der Waals surface area (Å²) in [6.45, 7) is 6.84. The van der Waals surface area contributed by atoms with E-state index in [-0.39, 0.29) is 24.4 Å². The summed E-state index contributed by atoms with van der Waals surface area (Å²) >= 11 is 5.98. The van der Waals surface area contributed by atoms with Gasteiger partial charge in [-0.3, -0.25) is 4.79 Å². The van der Waals surface area contributed by atoms with Gasteiger partial charge < -0.3 is 20.3 Å². The molecule has 3 N–H and O–H groups in total. The van der Waals surface area contributed by atoms with Crippen LogP contribution in [0.25, 0.3) is 11.4 Å². The van der Waals surface area contributed by atoms with Gasteiger partial charge in [0, 0.05) is 42.0 Å². The van der Waals surface area contributed by atoms with E-state index in [2.05, 4.69) is 15.5 Å². The second kappa shape index (κ2) is 8.78. The molecule has 1 heterocycles. The molecule has 0 spiro atoms. The van der Waals surface area contributed by atoms with Crippen LogP contribution in [0.15, 0.2) is 28.8 Å². The molecule has 9 heteroatoms. The number of nitrogens with zero attached hydrogens (tertiary/aromatic N) is 2. The van der Waals surface area contributed by atoms with E-state index < -0.39 is 11.0 Å². The fraction of sp³-hybridized carbons (Fsp3) is 0.526. The zero-order valence-electron chi connectivity index (χ0n) is 16.2. The van der Waals surface area contributed by atoms with Crippen molar-refractivity contribution in [2.24, 2.45) is 11.1 Å². The number of rotatable bonds is 7. The minimum atomic E-state index is -0.937. The Bertz CT molecular complexity index is 827. The molecule has 1 amide bonds. The third-order valence-corrected chi connectivity index (χ3v) is 5.65. The first kappa shape index (κ1) is 22.6. The van der Waals surface area contributed by atoms with Gasteiger partial charge in [-0.2, -0.15) is 4.98 Å². The average molecular weight is 429 g/mol. The summed E-state index contributed by atoms with van der Waals surface area (Å²) in [5.74, 6) is 0.725. The molecular weight excluding hydrogens is 403 g/mol. The summed E-state index contributed by atoms with van der Waals surface area (Å²) in [7, 11) is 0. The van der Waals surface area contributed by atoms with E-state index in [1.807, 2.05) is 32.9 Å². The molecule has 0 bridgehead atoms. The Morgan fingerprint density at radius 2 is 2.21 bits per heavy atom. The van der Waals surface area contributed by atoms with Gasteiger partial charge >= 0.3 is 0 Å². The number of aromatic nitrogens is 2. The predicted octanol–water partition coefficient (Wildman–Crippen LogP) is 3.00. The third kappa shape index (κ3) is 4.17. The van der Waals surface area contributed by atoms with E-state index in [4.69, 9.17) is 26.6 Å². The maximum atomic E-state index is 12.6. The van der Waals surface area contributed by atoms with Gasteiger partial charge in [0.25, 0.3) is 0 Å². The van der Waals surface area contributed by atoms with E-state index in [1.54, 1.807) is 12.1 Å². The number of hydrogen-bond acceptors (Lipinski definition) is 6. The second-order valence-electron chi connectivity index (χ2n) is 7.37. The number of halogens is 2. The van der Waals surface area contributed by atoms with E-state index in [0.717, 1.165) is 5.56 Å². The molecule has 2 unspecified atom stereocenters. The Balaban J connectivity index is 0.00000280. The van der Waals surface area contributed by atoms with Gasteiger partial charge in [0.15, 0.2) is 0 Å². The molecule has 0 radical (unpaired) electrons. The van der Waals surface area contributed by atoms with Gasteiger partial charge in [0.1, 0.15) is 5.54 Å². The topological polar surface area (TPSA) is 103 Å². The zero-order valence-corrected chi connectivity index (χ0v) is 17.8.